The van der Waals surface area contributed by atoms with Gasteiger partial charge in [0.2, 0.25) is 0 Å². The standard InChI is InChI=1S/C13H20O6/c1-3-10(19-12(16)4-2)8-9(13(17)18)6-5-7-11(14)15/h4,9-10H,2-3,5-8H2,1H3,(H,14,15)(H,17,18). The van der Waals surface area contributed by atoms with E-state index in [-0.39, 0.29) is 25.7 Å². The van der Waals surface area contributed by atoms with Gasteiger partial charge in [0.1, 0.15) is 6.10 Å². The summed E-state index contributed by atoms with van der Waals surface area (Å²) in [5, 5.41) is 17.6. The Labute approximate surface area is 112 Å². The first-order valence-corrected chi connectivity index (χ1v) is 6.18. The van der Waals surface area contributed by atoms with E-state index in [1.165, 1.54) is 0 Å². The summed E-state index contributed by atoms with van der Waals surface area (Å²) in [7, 11) is 0. The van der Waals surface area contributed by atoms with E-state index in [2.05, 4.69) is 6.58 Å². The number of hydrogen-bond donors (Lipinski definition) is 2. The van der Waals surface area contributed by atoms with Crippen molar-refractivity contribution in [1.29, 1.82) is 0 Å². The largest absolute Gasteiger partial charge is 0.481 e. The van der Waals surface area contributed by atoms with Crippen molar-refractivity contribution < 1.29 is 29.3 Å². The molecule has 0 saturated carbocycles. The van der Waals surface area contributed by atoms with Crippen LogP contribution in [-0.4, -0.2) is 34.2 Å². The van der Waals surface area contributed by atoms with Crippen LogP contribution in [0.2, 0.25) is 0 Å². The smallest absolute Gasteiger partial charge is 0.330 e. The second-order valence-corrected chi connectivity index (χ2v) is 4.23. The predicted molar refractivity (Wildman–Crippen MR) is 67.6 cm³/mol. The highest BCUT2D eigenvalue weighted by molar-refractivity contribution is 5.81. The molecule has 19 heavy (non-hydrogen) atoms. The zero-order valence-electron chi connectivity index (χ0n) is 11.0. The third-order valence-corrected chi connectivity index (χ3v) is 2.74. The summed E-state index contributed by atoms with van der Waals surface area (Å²) < 4.78 is 5.02. The first-order valence-electron chi connectivity index (χ1n) is 6.18. The molecule has 0 aromatic rings. The van der Waals surface area contributed by atoms with Gasteiger partial charge in [-0.3, -0.25) is 9.59 Å². The summed E-state index contributed by atoms with van der Waals surface area (Å²) in [6.45, 7) is 5.06. The van der Waals surface area contributed by atoms with Crippen LogP contribution in [0.3, 0.4) is 0 Å². The zero-order valence-corrected chi connectivity index (χ0v) is 11.0. The van der Waals surface area contributed by atoms with Crippen molar-refractivity contribution in [2.24, 2.45) is 5.92 Å². The van der Waals surface area contributed by atoms with Crippen LogP contribution in [0.5, 0.6) is 0 Å². The van der Waals surface area contributed by atoms with Crippen molar-refractivity contribution >= 4 is 17.9 Å². The van der Waals surface area contributed by atoms with Crippen molar-refractivity contribution in [2.75, 3.05) is 0 Å². The maximum atomic E-state index is 11.1. The number of carbonyl (C=O) groups excluding carboxylic acids is 1. The van der Waals surface area contributed by atoms with Gasteiger partial charge in [0, 0.05) is 12.5 Å². The van der Waals surface area contributed by atoms with Crippen LogP contribution < -0.4 is 0 Å². The van der Waals surface area contributed by atoms with Gasteiger partial charge >= 0.3 is 17.9 Å². The number of carbonyl (C=O) groups is 3. The molecule has 0 bridgehead atoms. The fraction of sp³-hybridized carbons (Fsp3) is 0.615. The molecule has 0 aromatic carbocycles. The number of carboxylic acid groups (broad SMARTS) is 2. The van der Waals surface area contributed by atoms with Gasteiger partial charge < -0.3 is 14.9 Å². The van der Waals surface area contributed by atoms with Crippen LogP contribution in [0.4, 0.5) is 0 Å². The maximum Gasteiger partial charge on any atom is 0.330 e. The van der Waals surface area contributed by atoms with Gasteiger partial charge in [0.25, 0.3) is 0 Å². The molecule has 0 aliphatic heterocycles. The predicted octanol–water partition coefficient (Wildman–Crippen LogP) is 1.84. The zero-order chi connectivity index (χ0) is 14.8. The second kappa shape index (κ2) is 9.13. The van der Waals surface area contributed by atoms with Crippen molar-refractivity contribution in [1.82, 2.24) is 0 Å². The monoisotopic (exact) mass is 272 g/mol. The Hall–Kier alpha value is -1.85. The van der Waals surface area contributed by atoms with Crippen LogP contribution in [0.15, 0.2) is 12.7 Å². The van der Waals surface area contributed by atoms with Gasteiger partial charge in [0.05, 0.1) is 5.92 Å². The number of aliphatic carboxylic acids is 2. The Morgan fingerprint density at radius 3 is 2.37 bits per heavy atom. The molecule has 2 atom stereocenters. The lowest BCUT2D eigenvalue weighted by Crippen LogP contribution is -2.24. The summed E-state index contributed by atoms with van der Waals surface area (Å²) in [5.41, 5.74) is 0. The van der Waals surface area contributed by atoms with Crippen LogP contribution in [0, 0.1) is 5.92 Å². The van der Waals surface area contributed by atoms with Gasteiger partial charge in [0.15, 0.2) is 0 Å². The normalized spacial score (nSPS) is 13.3. The van der Waals surface area contributed by atoms with Crippen LogP contribution in [0.25, 0.3) is 0 Å². The molecule has 6 heteroatoms. The van der Waals surface area contributed by atoms with E-state index < -0.39 is 29.9 Å². The third kappa shape index (κ3) is 7.96. The number of esters is 1. The van der Waals surface area contributed by atoms with Crippen LogP contribution in [-0.2, 0) is 19.1 Å². The Kier molecular flexibility index (Phi) is 8.24. The molecule has 0 aromatic heterocycles. The second-order valence-electron chi connectivity index (χ2n) is 4.23. The molecule has 0 amide bonds. The van der Waals surface area contributed by atoms with E-state index in [0.717, 1.165) is 6.08 Å². The molecule has 0 saturated heterocycles. The van der Waals surface area contributed by atoms with E-state index in [1.54, 1.807) is 6.92 Å². The van der Waals surface area contributed by atoms with Crippen molar-refractivity contribution in [3.63, 3.8) is 0 Å². The van der Waals surface area contributed by atoms with Gasteiger partial charge in [-0.15, -0.1) is 0 Å². The number of ether oxygens (including phenoxy) is 1. The molecule has 2 unspecified atom stereocenters. The molecule has 0 aliphatic carbocycles. The number of carboxylic acids is 2. The quantitative estimate of drug-likeness (QED) is 0.465. The Bertz CT molecular complexity index is 336. The third-order valence-electron chi connectivity index (χ3n) is 2.74. The first-order chi connectivity index (χ1) is 8.90. The lowest BCUT2D eigenvalue weighted by atomic mass is 9.94. The summed E-state index contributed by atoms with van der Waals surface area (Å²) in [4.78, 5) is 32.5. The molecule has 6 nitrogen and oxygen atoms in total. The van der Waals surface area contributed by atoms with Gasteiger partial charge in [-0.05, 0) is 25.7 Å². The molecule has 0 rings (SSSR count). The lowest BCUT2D eigenvalue weighted by Gasteiger charge is -2.19. The van der Waals surface area contributed by atoms with Crippen molar-refractivity contribution in [3.05, 3.63) is 12.7 Å². The minimum absolute atomic E-state index is 0.0625. The SMILES string of the molecule is C=CC(=O)OC(CC)CC(CCCC(=O)O)C(=O)O. The summed E-state index contributed by atoms with van der Waals surface area (Å²) in [5.74, 6) is -3.24. The van der Waals surface area contributed by atoms with Gasteiger partial charge in [-0.1, -0.05) is 13.5 Å². The molecular formula is C13H20O6. The average molecular weight is 272 g/mol. The van der Waals surface area contributed by atoms with E-state index in [1.807, 2.05) is 0 Å². The highest BCUT2D eigenvalue weighted by atomic mass is 16.5. The van der Waals surface area contributed by atoms with E-state index >= 15 is 0 Å². The molecule has 0 heterocycles. The Morgan fingerprint density at radius 1 is 1.32 bits per heavy atom. The molecule has 2 N–H and O–H groups in total. The van der Waals surface area contributed by atoms with Crippen LogP contribution >= 0.6 is 0 Å². The molecule has 0 spiro atoms. The fourth-order valence-electron chi connectivity index (χ4n) is 1.67. The minimum Gasteiger partial charge on any atom is -0.481 e. The fourth-order valence-corrected chi connectivity index (χ4v) is 1.67. The highest BCUT2D eigenvalue weighted by Gasteiger charge is 2.23. The van der Waals surface area contributed by atoms with Crippen LogP contribution in [0.1, 0.15) is 39.0 Å². The van der Waals surface area contributed by atoms with Crippen molar-refractivity contribution in [3.8, 4) is 0 Å². The molecule has 0 fully saturated rings. The topological polar surface area (TPSA) is 101 Å². The van der Waals surface area contributed by atoms with E-state index in [0.29, 0.717) is 6.42 Å². The Morgan fingerprint density at radius 2 is 1.95 bits per heavy atom. The molecule has 108 valence electrons. The Balaban J connectivity index is 4.36. The van der Waals surface area contributed by atoms with Gasteiger partial charge in [-0.2, -0.15) is 0 Å². The number of hydrogen-bond acceptors (Lipinski definition) is 4. The first kappa shape index (κ1) is 17.2. The molecule has 0 radical (unpaired) electrons. The minimum atomic E-state index is -1.00. The summed E-state index contributed by atoms with van der Waals surface area (Å²) >= 11 is 0. The van der Waals surface area contributed by atoms with Gasteiger partial charge in [-0.25, -0.2) is 4.79 Å². The molecular weight excluding hydrogens is 252 g/mol. The highest BCUT2D eigenvalue weighted by Crippen LogP contribution is 2.19. The van der Waals surface area contributed by atoms with E-state index in [9.17, 15) is 14.4 Å². The van der Waals surface area contributed by atoms with E-state index in [4.69, 9.17) is 14.9 Å². The van der Waals surface area contributed by atoms with Crippen molar-refractivity contribution in [2.45, 2.75) is 45.1 Å². The maximum absolute atomic E-state index is 11.1. The number of rotatable bonds is 10. The summed E-state index contributed by atoms with van der Waals surface area (Å²) in [6.07, 6.45) is 1.71. The summed E-state index contributed by atoms with van der Waals surface area (Å²) in [6, 6.07) is 0. The molecule has 0 aliphatic rings. The average Bonchev–Trinajstić information content (AvgIpc) is 2.35. The lowest BCUT2D eigenvalue weighted by molar-refractivity contribution is -0.149.